The SMILES string of the molecule is CC(C)c1ccc(S(=O)C(C)CC#N)cc1. The first-order valence-electron chi connectivity index (χ1n) is 5.43. The van der Waals surface area contributed by atoms with E-state index in [0.29, 0.717) is 12.3 Å². The largest absolute Gasteiger partial charge is 0.254 e. The molecule has 0 aliphatic heterocycles. The van der Waals surface area contributed by atoms with Crippen molar-refractivity contribution in [2.75, 3.05) is 0 Å². The van der Waals surface area contributed by atoms with E-state index in [0.717, 1.165) is 4.90 Å². The standard InChI is InChI=1S/C13H17NOS/c1-10(2)12-4-6-13(7-5-12)16(15)11(3)8-9-14/h4-7,10-11H,8H2,1-3H3. The Bertz CT molecular complexity index is 403. The van der Waals surface area contributed by atoms with Crippen molar-refractivity contribution in [1.29, 1.82) is 5.26 Å². The summed E-state index contributed by atoms with van der Waals surface area (Å²) in [4.78, 5) is 0.812. The maximum Gasteiger partial charge on any atom is 0.0634 e. The quantitative estimate of drug-likeness (QED) is 0.804. The molecule has 1 rings (SSSR count). The molecule has 0 spiro atoms. The molecule has 86 valence electrons. The molecule has 0 N–H and O–H groups in total. The molecule has 0 aliphatic carbocycles. The molecule has 0 heterocycles. The third kappa shape index (κ3) is 3.18. The van der Waals surface area contributed by atoms with E-state index in [1.165, 1.54) is 5.56 Å². The van der Waals surface area contributed by atoms with Gasteiger partial charge in [0.1, 0.15) is 0 Å². The van der Waals surface area contributed by atoms with Crippen molar-refractivity contribution in [2.24, 2.45) is 0 Å². The van der Waals surface area contributed by atoms with Crippen molar-refractivity contribution in [1.82, 2.24) is 0 Å². The van der Waals surface area contributed by atoms with Gasteiger partial charge in [0.2, 0.25) is 0 Å². The summed E-state index contributed by atoms with van der Waals surface area (Å²) < 4.78 is 12.0. The molecule has 16 heavy (non-hydrogen) atoms. The van der Waals surface area contributed by atoms with Gasteiger partial charge >= 0.3 is 0 Å². The van der Waals surface area contributed by atoms with Gasteiger partial charge in [-0.05, 0) is 30.5 Å². The number of hydrogen-bond acceptors (Lipinski definition) is 2. The average Bonchev–Trinajstić information content (AvgIpc) is 2.28. The molecule has 0 aliphatic rings. The van der Waals surface area contributed by atoms with Crippen LogP contribution in [0, 0.1) is 11.3 Å². The highest BCUT2D eigenvalue weighted by Gasteiger charge is 2.12. The molecule has 0 aromatic heterocycles. The van der Waals surface area contributed by atoms with Crippen LogP contribution < -0.4 is 0 Å². The van der Waals surface area contributed by atoms with Gasteiger partial charge in [0, 0.05) is 16.6 Å². The summed E-state index contributed by atoms with van der Waals surface area (Å²) in [5, 5.41) is 8.46. The average molecular weight is 235 g/mol. The van der Waals surface area contributed by atoms with Crippen molar-refractivity contribution in [3.05, 3.63) is 29.8 Å². The van der Waals surface area contributed by atoms with Gasteiger partial charge in [0.25, 0.3) is 0 Å². The second-order valence-electron chi connectivity index (χ2n) is 4.19. The molecule has 1 aromatic rings. The molecule has 0 saturated carbocycles. The van der Waals surface area contributed by atoms with Gasteiger partial charge in [-0.2, -0.15) is 5.26 Å². The Morgan fingerprint density at radius 1 is 1.25 bits per heavy atom. The second-order valence-corrected chi connectivity index (χ2v) is 6.06. The normalized spacial score (nSPS) is 14.4. The molecule has 3 heteroatoms. The minimum atomic E-state index is -1.07. The van der Waals surface area contributed by atoms with E-state index in [4.69, 9.17) is 5.26 Å². The van der Waals surface area contributed by atoms with Crippen LogP contribution in [0.25, 0.3) is 0 Å². The zero-order chi connectivity index (χ0) is 12.1. The van der Waals surface area contributed by atoms with Crippen LogP contribution in [0.15, 0.2) is 29.2 Å². The van der Waals surface area contributed by atoms with Crippen molar-refractivity contribution in [3.63, 3.8) is 0 Å². The first-order chi connectivity index (χ1) is 7.56. The van der Waals surface area contributed by atoms with Crippen molar-refractivity contribution < 1.29 is 4.21 Å². The third-order valence-corrected chi connectivity index (χ3v) is 4.16. The van der Waals surface area contributed by atoms with E-state index in [1.807, 2.05) is 31.2 Å². The highest BCUT2D eigenvalue weighted by Crippen LogP contribution is 2.18. The molecule has 0 amide bonds. The zero-order valence-corrected chi connectivity index (χ0v) is 10.8. The third-order valence-electron chi connectivity index (χ3n) is 2.52. The highest BCUT2D eigenvalue weighted by atomic mass is 32.2. The smallest absolute Gasteiger partial charge is 0.0634 e. The molecule has 0 radical (unpaired) electrons. The number of rotatable bonds is 4. The fourth-order valence-corrected chi connectivity index (χ4v) is 2.52. The van der Waals surface area contributed by atoms with Gasteiger partial charge in [0.15, 0.2) is 0 Å². The van der Waals surface area contributed by atoms with Crippen LogP contribution in [0.2, 0.25) is 0 Å². The van der Waals surface area contributed by atoms with Crippen LogP contribution in [0.1, 0.15) is 38.7 Å². The summed E-state index contributed by atoms with van der Waals surface area (Å²) >= 11 is 0. The van der Waals surface area contributed by atoms with Crippen LogP contribution in [0.4, 0.5) is 0 Å². The summed E-state index contributed by atoms with van der Waals surface area (Å²) in [6, 6.07) is 9.88. The summed E-state index contributed by atoms with van der Waals surface area (Å²) in [5.74, 6) is 0.485. The van der Waals surface area contributed by atoms with Crippen molar-refractivity contribution in [2.45, 2.75) is 43.3 Å². The lowest BCUT2D eigenvalue weighted by atomic mass is 10.0. The predicted octanol–water partition coefficient (Wildman–Crippen LogP) is 3.22. The Morgan fingerprint density at radius 2 is 1.81 bits per heavy atom. The number of benzene rings is 1. The van der Waals surface area contributed by atoms with Gasteiger partial charge in [-0.3, -0.25) is 4.21 Å². The molecule has 2 unspecified atom stereocenters. The fraction of sp³-hybridized carbons (Fsp3) is 0.462. The van der Waals surface area contributed by atoms with Gasteiger partial charge in [0.05, 0.1) is 16.9 Å². The number of nitriles is 1. The molecule has 2 nitrogen and oxygen atoms in total. The van der Waals surface area contributed by atoms with E-state index >= 15 is 0 Å². The van der Waals surface area contributed by atoms with Crippen molar-refractivity contribution in [3.8, 4) is 6.07 Å². The van der Waals surface area contributed by atoms with E-state index in [1.54, 1.807) is 0 Å². The number of nitrogens with zero attached hydrogens (tertiary/aromatic N) is 1. The molecule has 0 saturated heterocycles. The molecular formula is C13H17NOS. The fourth-order valence-electron chi connectivity index (χ4n) is 1.42. The van der Waals surface area contributed by atoms with E-state index in [9.17, 15) is 4.21 Å². The summed E-state index contributed by atoms with van der Waals surface area (Å²) in [5.41, 5.74) is 1.24. The first kappa shape index (κ1) is 12.9. The van der Waals surface area contributed by atoms with Crippen LogP contribution in [0.5, 0.6) is 0 Å². The summed E-state index contributed by atoms with van der Waals surface area (Å²) in [6.07, 6.45) is 0.332. The minimum Gasteiger partial charge on any atom is -0.254 e. The Hall–Kier alpha value is -1.14. The maximum absolute atomic E-state index is 12.0. The second kappa shape index (κ2) is 5.81. The topological polar surface area (TPSA) is 40.9 Å². The molecule has 1 aromatic carbocycles. The van der Waals surface area contributed by atoms with E-state index in [2.05, 4.69) is 19.9 Å². The van der Waals surface area contributed by atoms with Gasteiger partial charge < -0.3 is 0 Å². The van der Waals surface area contributed by atoms with E-state index in [-0.39, 0.29) is 5.25 Å². The Kier molecular flexibility index (Phi) is 4.70. The van der Waals surface area contributed by atoms with Crippen LogP contribution in [-0.4, -0.2) is 9.46 Å². The number of hydrogen-bond donors (Lipinski definition) is 0. The lowest BCUT2D eigenvalue weighted by Crippen LogP contribution is -2.10. The van der Waals surface area contributed by atoms with Crippen LogP contribution in [-0.2, 0) is 10.8 Å². The lowest BCUT2D eigenvalue weighted by Gasteiger charge is -2.09. The maximum atomic E-state index is 12.0. The molecule has 0 bridgehead atoms. The predicted molar refractivity (Wildman–Crippen MR) is 66.6 cm³/mol. The Morgan fingerprint density at radius 3 is 2.25 bits per heavy atom. The highest BCUT2D eigenvalue weighted by molar-refractivity contribution is 7.85. The van der Waals surface area contributed by atoms with E-state index < -0.39 is 10.8 Å². The molecule has 0 fully saturated rings. The zero-order valence-electron chi connectivity index (χ0n) is 9.93. The molecular weight excluding hydrogens is 218 g/mol. The van der Waals surface area contributed by atoms with Crippen LogP contribution >= 0.6 is 0 Å². The van der Waals surface area contributed by atoms with Gasteiger partial charge in [-0.15, -0.1) is 0 Å². The first-order valence-corrected chi connectivity index (χ1v) is 6.65. The monoisotopic (exact) mass is 235 g/mol. The van der Waals surface area contributed by atoms with Gasteiger partial charge in [-0.25, -0.2) is 0 Å². The Balaban J connectivity index is 2.82. The summed E-state index contributed by atoms with van der Waals surface area (Å²) in [6.45, 7) is 6.10. The van der Waals surface area contributed by atoms with Crippen LogP contribution in [0.3, 0.4) is 0 Å². The Labute approximate surface area is 99.8 Å². The van der Waals surface area contributed by atoms with Gasteiger partial charge in [-0.1, -0.05) is 26.0 Å². The van der Waals surface area contributed by atoms with Crippen molar-refractivity contribution >= 4 is 10.8 Å². The lowest BCUT2D eigenvalue weighted by molar-refractivity contribution is 0.673. The molecule has 2 atom stereocenters. The minimum absolute atomic E-state index is 0.102. The summed E-state index contributed by atoms with van der Waals surface area (Å²) in [7, 11) is -1.07.